The van der Waals surface area contributed by atoms with Crippen molar-refractivity contribution in [2.24, 2.45) is 5.73 Å². The highest BCUT2D eigenvalue weighted by atomic mass is 32.2. The van der Waals surface area contributed by atoms with Crippen LogP contribution in [0.2, 0.25) is 0 Å². The summed E-state index contributed by atoms with van der Waals surface area (Å²) in [7, 11) is -3.77. The second kappa shape index (κ2) is 7.57. The number of rotatable bonds is 4. The van der Waals surface area contributed by atoms with E-state index in [0.717, 1.165) is 10.1 Å². The third-order valence-corrected chi connectivity index (χ3v) is 7.91. The van der Waals surface area contributed by atoms with Crippen molar-refractivity contribution in [2.75, 3.05) is 19.7 Å². The van der Waals surface area contributed by atoms with E-state index in [1.807, 2.05) is 30.3 Å². The first-order valence-electron chi connectivity index (χ1n) is 8.85. The minimum atomic E-state index is -3.77. The van der Waals surface area contributed by atoms with E-state index >= 15 is 0 Å². The van der Waals surface area contributed by atoms with Crippen LogP contribution in [-0.4, -0.2) is 38.3 Å². The molecule has 0 saturated carbocycles. The average Bonchev–Trinajstić information content (AvgIpc) is 3.14. The summed E-state index contributed by atoms with van der Waals surface area (Å²) in [6.45, 7) is 0.471. The number of carbonyl (C=O) groups excluding carboxylic acids is 1. The molecule has 4 rings (SSSR count). The van der Waals surface area contributed by atoms with Gasteiger partial charge >= 0.3 is 0 Å². The maximum absolute atomic E-state index is 13.1. The zero-order chi connectivity index (χ0) is 20.6. The lowest BCUT2D eigenvalue weighted by molar-refractivity contribution is -0.00188. The fourth-order valence-corrected chi connectivity index (χ4v) is 5.97. The van der Waals surface area contributed by atoms with Gasteiger partial charge in [-0.2, -0.15) is 9.57 Å². The third-order valence-electron chi connectivity index (χ3n) is 4.83. The van der Waals surface area contributed by atoms with Crippen LogP contribution in [0.15, 0.2) is 53.4 Å². The van der Waals surface area contributed by atoms with E-state index in [1.165, 1.54) is 39.9 Å². The maximum atomic E-state index is 13.1. The van der Waals surface area contributed by atoms with E-state index in [-0.39, 0.29) is 24.6 Å². The number of thiophene rings is 1. The summed E-state index contributed by atoms with van der Waals surface area (Å²) in [5.74, 6) is -0.558. The summed E-state index contributed by atoms with van der Waals surface area (Å²) in [6.07, 6.45) is -0.601. The summed E-state index contributed by atoms with van der Waals surface area (Å²) in [5, 5.41) is 9.76. The Balaban J connectivity index is 1.70. The van der Waals surface area contributed by atoms with E-state index in [1.54, 1.807) is 0 Å². The Bertz CT molecular complexity index is 1230. The molecule has 1 saturated heterocycles. The van der Waals surface area contributed by atoms with Gasteiger partial charge in [0.05, 0.1) is 34.1 Å². The van der Waals surface area contributed by atoms with Gasteiger partial charge in [0.1, 0.15) is 0 Å². The van der Waals surface area contributed by atoms with Gasteiger partial charge in [0.15, 0.2) is 0 Å². The summed E-state index contributed by atoms with van der Waals surface area (Å²) in [5.41, 5.74) is 6.61. The zero-order valence-corrected chi connectivity index (χ0v) is 16.9. The van der Waals surface area contributed by atoms with Crippen molar-refractivity contribution >= 4 is 37.4 Å². The molecule has 29 heavy (non-hydrogen) atoms. The van der Waals surface area contributed by atoms with E-state index in [9.17, 15) is 13.2 Å². The first-order chi connectivity index (χ1) is 13.9. The van der Waals surface area contributed by atoms with Gasteiger partial charge in [0, 0.05) is 23.4 Å². The Morgan fingerprint density at radius 2 is 1.93 bits per heavy atom. The topological polar surface area (TPSA) is 113 Å². The monoisotopic (exact) mass is 427 g/mol. The molecule has 1 unspecified atom stereocenters. The van der Waals surface area contributed by atoms with Crippen LogP contribution in [0.25, 0.3) is 10.1 Å². The molecule has 1 fully saturated rings. The lowest BCUT2D eigenvalue weighted by Crippen LogP contribution is -2.42. The van der Waals surface area contributed by atoms with Crippen molar-refractivity contribution in [1.29, 1.82) is 5.26 Å². The number of morpholine rings is 1. The number of ether oxygens (including phenoxy) is 1. The second-order valence-electron chi connectivity index (χ2n) is 6.56. The molecule has 3 aromatic rings. The van der Waals surface area contributed by atoms with Crippen LogP contribution in [0.1, 0.15) is 26.9 Å². The SMILES string of the molecule is N#Cc1ccc(S(=O)(=O)N2CCOC(c3c(C(N)=O)sc4ccccc34)C2)cc1. The number of amides is 1. The summed E-state index contributed by atoms with van der Waals surface area (Å²) < 4.78 is 34.3. The molecule has 1 atom stereocenters. The number of primary amides is 1. The fraction of sp³-hybridized carbons (Fsp3) is 0.200. The molecule has 148 valence electrons. The largest absolute Gasteiger partial charge is 0.371 e. The number of nitriles is 1. The quantitative estimate of drug-likeness (QED) is 0.688. The molecule has 1 aromatic heterocycles. The Morgan fingerprint density at radius 1 is 1.21 bits per heavy atom. The number of carbonyl (C=O) groups is 1. The highest BCUT2D eigenvalue weighted by molar-refractivity contribution is 7.89. The molecule has 1 aliphatic rings. The number of nitrogens with two attached hydrogens (primary N) is 1. The first-order valence-corrected chi connectivity index (χ1v) is 11.1. The van der Waals surface area contributed by atoms with Crippen molar-refractivity contribution in [3.63, 3.8) is 0 Å². The van der Waals surface area contributed by atoms with Gasteiger partial charge in [-0.25, -0.2) is 8.42 Å². The Labute approximate surface area is 172 Å². The third kappa shape index (κ3) is 3.52. The minimum absolute atomic E-state index is 0.0728. The molecule has 2 aromatic carbocycles. The van der Waals surface area contributed by atoms with Crippen LogP contribution >= 0.6 is 11.3 Å². The molecule has 0 aliphatic carbocycles. The minimum Gasteiger partial charge on any atom is -0.371 e. The maximum Gasteiger partial charge on any atom is 0.259 e. The normalized spacial score (nSPS) is 17.8. The van der Waals surface area contributed by atoms with Gasteiger partial charge in [-0.05, 0) is 35.7 Å². The summed E-state index contributed by atoms with van der Waals surface area (Å²) in [6, 6.07) is 15.3. The lowest BCUT2D eigenvalue weighted by atomic mass is 10.0. The van der Waals surface area contributed by atoms with Crippen molar-refractivity contribution in [3.05, 3.63) is 64.5 Å². The zero-order valence-electron chi connectivity index (χ0n) is 15.2. The Morgan fingerprint density at radius 3 is 2.62 bits per heavy atom. The lowest BCUT2D eigenvalue weighted by Gasteiger charge is -2.32. The van der Waals surface area contributed by atoms with Crippen LogP contribution in [0.4, 0.5) is 0 Å². The standard InChI is InChI=1S/C20H17N3O4S2/c21-11-13-5-7-14(8-6-13)29(25,26)23-9-10-27-16(12-23)18-15-3-1-2-4-17(15)28-19(18)20(22)24/h1-8,16H,9-10,12H2,(H2,22,24). The number of hydrogen-bond donors (Lipinski definition) is 1. The van der Waals surface area contributed by atoms with Crippen LogP contribution in [0.3, 0.4) is 0 Å². The number of fused-ring (bicyclic) bond motifs is 1. The molecule has 1 aliphatic heterocycles. The molecular weight excluding hydrogens is 410 g/mol. The molecule has 9 heteroatoms. The van der Waals surface area contributed by atoms with Crippen molar-refractivity contribution in [1.82, 2.24) is 4.31 Å². The molecule has 2 N–H and O–H groups in total. The molecule has 0 spiro atoms. The number of sulfonamides is 1. The van der Waals surface area contributed by atoms with Crippen molar-refractivity contribution in [2.45, 2.75) is 11.0 Å². The van der Waals surface area contributed by atoms with E-state index < -0.39 is 22.0 Å². The van der Waals surface area contributed by atoms with Crippen LogP contribution in [0, 0.1) is 11.3 Å². The van der Waals surface area contributed by atoms with Gasteiger partial charge in [-0.3, -0.25) is 4.79 Å². The molecule has 2 heterocycles. The number of nitrogens with zero attached hydrogens (tertiary/aromatic N) is 2. The second-order valence-corrected chi connectivity index (χ2v) is 9.55. The Hall–Kier alpha value is -2.77. The van der Waals surface area contributed by atoms with E-state index in [4.69, 9.17) is 15.7 Å². The van der Waals surface area contributed by atoms with Crippen LogP contribution < -0.4 is 5.73 Å². The van der Waals surface area contributed by atoms with Crippen LogP contribution in [0.5, 0.6) is 0 Å². The first kappa shape index (κ1) is 19.5. The van der Waals surface area contributed by atoms with Gasteiger partial charge in [0.25, 0.3) is 5.91 Å². The molecular formula is C20H17N3O4S2. The van der Waals surface area contributed by atoms with Gasteiger partial charge in [-0.1, -0.05) is 18.2 Å². The molecule has 0 bridgehead atoms. The van der Waals surface area contributed by atoms with Crippen molar-refractivity contribution in [3.8, 4) is 6.07 Å². The molecule has 7 nitrogen and oxygen atoms in total. The number of hydrogen-bond acceptors (Lipinski definition) is 6. The summed E-state index contributed by atoms with van der Waals surface area (Å²) in [4.78, 5) is 12.5. The predicted molar refractivity (Wildman–Crippen MR) is 109 cm³/mol. The highest BCUT2D eigenvalue weighted by Crippen LogP contribution is 2.38. The highest BCUT2D eigenvalue weighted by Gasteiger charge is 2.34. The average molecular weight is 428 g/mol. The Kier molecular flexibility index (Phi) is 5.10. The van der Waals surface area contributed by atoms with E-state index in [0.29, 0.717) is 16.0 Å². The smallest absolute Gasteiger partial charge is 0.259 e. The van der Waals surface area contributed by atoms with Crippen LogP contribution in [-0.2, 0) is 14.8 Å². The molecule has 1 amide bonds. The van der Waals surface area contributed by atoms with Gasteiger partial charge in [-0.15, -0.1) is 11.3 Å². The fourth-order valence-electron chi connectivity index (χ4n) is 3.44. The van der Waals surface area contributed by atoms with Gasteiger partial charge in [0.2, 0.25) is 10.0 Å². The molecule has 0 radical (unpaired) electrons. The summed E-state index contributed by atoms with van der Waals surface area (Å²) >= 11 is 1.28. The van der Waals surface area contributed by atoms with E-state index in [2.05, 4.69) is 0 Å². The predicted octanol–water partition coefficient (Wildman–Crippen LogP) is 2.63. The van der Waals surface area contributed by atoms with Crippen molar-refractivity contribution < 1.29 is 17.9 Å². The number of benzene rings is 2. The van der Waals surface area contributed by atoms with Gasteiger partial charge < -0.3 is 10.5 Å².